The number of nitrogens with one attached hydrogen (secondary N) is 3. The predicted molar refractivity (Wildman–Crippen MR) is 95.4 cm³/mol. The highest BCUT2D eigenvalue weighted by Gasteiger charge is 2.11. The highest BCUT2D eigenvalue weighted by Crippen LogP contribution is 2.15. The molecule has 134 valence electrons. The van der Waals surface area contributed by atoms with Gasteiger partial charge >= 0.3 is 6.03 Å². The third-order valence-electron chi connectivity index (χ3n) is 3.50. The number of urea groups is 1. The molecule has 0 bridgehead atoms. The number of ether oxygens (including phenoxy) is 1. The molecule has 8 nitrogen and oxygen atoms in total. The van der Waals surface area contributed by atoms with Gasteiger partial charge in [-0.25, -0.2) is 9.78 Å². The number of anilines is 2. The van der Waals surface area contributed by atoms with Crippen molar-refractivity contribution in [2.75, 3.05) is 24.4 Å². The van der Waals surface area contributed by atoms with Crippen LogP contribution in [-0.4, -0.2) is 41.2 Å². The molecule has 0 saturated carbocycles. The Labute approximate surface area is 146 Å². The van der Waals surface area contributed by atoms with Gasteiger partial charge in [-0.1, -0.05) is 13.0 Å². The third-order valence-corrected chi connectivity index (χ3v) is 3.50. The minimum Gasteiger partial charge on any atom is -0.375 e. The van der Waals surface area contributed by atoms with E-state index in [1.54, 1.807) is 36.8 Å². The van der Waals surface area contributed by atoms with Crippen LogP contribution in [0.25, 0.3) is 0 Å². The summed E-state index contributed by atoms with van der Waals surface area (Å²) in [5.74, 6) is -0.254. The number of rotatable bonds is 8. The number of aromatic nitrogens is 2. The lowest BCUT2D eigenvalue weighted by atomic mass is 10.2. The molecule has 3 N–H and O–H groups in total. The molecule has 0 saturated heterocycles. The van der Waals surface area contributed by atoms with E-state index in [1.807, 2.05) is 17.7 Å². The van der Waals surface area contributed by atoms with E-state index < -0.39 is 0 Å². The summed E-state index contributed by atoms with van der Waals surface area (Å²) in [7, 11) is 1.45. The van der Waals surface area contributed by atoms with Gasteiger partial charge in [0, 0.05) is 43.5 Å². The summed E-state index contributed by atoms with van der Waals surface area (Å²) in [6.45, 7) is 2.63. The Kier molecular flexibility index (Phi) is 6.97. The number of imidazole rings is 1. The van der Waals surface area contributed by atoms with Gasteiger partial charge in [-0.3, -0.25) is 4.79 Å². The molecule has 0 radical (unpaired) electrons. The fourth-order valence-electron chi connectivity index (χ4n) is 2.28. The Bertz CT molecular complexity index is 687. The summed E-state index contributed by atoms with van der Waals surface area (Å²) < 4.78 is 6.69. The number of benzene rings is 1. The predicted octanol–water partition coefficient (Wildman–Crippen LogP) is 2.07. The number of methoxy groups -OCH3 is 1. The lowest BCUT2D eigenvalue weighted by molar-refractivity contribution is -0.119. The van der Waals surface area contributed by atoms with E-state index >= 15 is 0 Å². The summed E-state index contributed by atoms with van der Waals surface area (Å²) >= 11 is 0. The molecule has 0 aliphatic rings. The largest absolute Gasteiger partial charge is 0.375 e. The van der Waals surface area contributed by atoms with E-state index in [0.717, 1.165) is 6.42 Å². The monoisotopic (exact) mass is 345 g/mol. The van der Waals surface area contributed by atoms with E-state index in [9.17, 15) is 9.59 Å². The van der Waals surface area contributed by atoms with Crippen molar-refractivity contribution < 1.29 is 14.3 Å². The molecule has 0 spiro atoms. The highest BCUT2D eigenvalue weighted by molar-refractivity contribution is 5.94. The first kappa shape index (κ1) is 18.5. The van der Waals surface area contributed by atoms with Gasteiger partial charge in [0.2, 0.25) is 5.91 Å². The molecule has 1 heterocycles. The van der Waals surface area contributed by atoms with Crippen LogP contribution in [0.15, 0.2) is 43.0 Å². The molecule has 3 amide bonds. The van der Waals surface area contributed by atoms with Gasteiger partial charge in [-0.2, -0.15) is 0 Å². The van der Waals surface area contributed by atoms with Crippen molar-refractivity contribution in [3.05, 3.63) is 43.0 Å². The average molecular weight is 345 g/mol. The molecular weight excluding hydrogens is 322 g/mol. The van der Waals surface area contributed by atoms with Gasteiger partial charge in [0.1, 0.15) is 6.61 Å². The number of amides is 3. The zero-order chi connectivity index (χ0) is 18.1. The molecule has 0 aliphatic heterocycles. The van der Waals surface area contributed by atoms with Crippen molar-refractivity contribution in [1.29, 1.82) is 0 Å². The molecule has 8 heteroatoms. The Morgan fingerprint density at radius 1 is 1.28 bits per heavy atom. The van der Waals surface area contributed by atoms with E-state index in [2.05, 4.69) is 20.9 Å². The van der Waals surface area contributed by atoms with Crippen LogP contribution in [0.4, 0.5) is 16.2 Å². The van der Waals surface area contributed by atoms with Crippen LogP contribution in [-0.2, 0) is 16.1 Å². The Morgan fingerprint density at radius 3 is 2.68 bits per heavy atom. The van der Waals surface area contributed by atoms with Gasteiger partial charge in [0.05, 0.1) is 6.33 Å². The Balaban J connectivity index is 1.89. The molecule has 25 heavy (non-hydrogen) atoms. The van der Waals surface area contributed by atoms with Crippen molar-refractivity contribution in [1.82, 2.24) is 14.9 Å². The maximum absolute atomic E-state index is 12.2. The smallest absolute Gasteiger partial charge is 0.319 e. The summed E-state index contributed by atoms with van der Waals surface area (Å²) in [5.41, 5.74) is 1.18. The first-order chi connectivity index (χ1) is 12.1. The summed E-state index contributed by atoms with van der Waals surface area (Å²) in [4.78, 5) is 27.7. The number of carbonyl (C=O) groups excluding carboxylic acids is 2. The van der Waals surface area contributed by atoms with Crippen LogP contribution in [0.3, 0.4) is 0 Å². The SMILES string of the molecule is CCC(Cn1ccnc1)NC(=O)Nc1cccc(NC(=O)COC)c1. The number of nitrogens with zero attached hydrogens (tertiary/aromatic N) is 2. The number of hydrogen-bond donors (Lipinski definition) is 3. The molecule has 1 aromatic heterocycles. The fraction of sp³-hybridized carbons (Fsp3) is 0.353. The second kappa shape index (κ2) is 9.43. The van der Waals surface area contributed by atoms with Gasteiger partial charge in [-0.05, 0) is 24.6 Å². The summed E-state index contributed by atoms with van der Waals surface area (Å²) in [6, 6.07) is 6.61. The van der Waals surface area contributed by atoms with Gasteiger partial charge in [0.25, 0.3) is 0 Å². The molecule has 2 aromatic rings. The van der Waals surface area contributed by atoms with Gasteiger partial charge in [0.15, 0.2) is 0 Å². The van der Waals surface area contributed by atoms with Crippen molar-refractivity contribution in [3.63, 3.8) is 0 Å². The number of hydrogen-bond acceptors (Lipinski definition) is 4. The Morgan fingerprint density at radius 2 is 2.04 bits per heavy atom. The minimum absolute atomic E-state index is 0.0150. The van der Waals surface area contributed by atoms with Crippen LogP contribution in [0.1, 0.15) is 13.3 Å². The van der Waals surface area contributed by atoms with E-state index in [4.69, 9.17) is 4.74 Å². The normalized spacial score (nSPS) is 11.6. The lowest BCUT2D eigenvalue weighted by Gasteiger charge is -2.18. The lowest BCUT2D eigenvalue weighted by Crippen LogP contribution is -2.40. The van der Waals surface area contributed by atoms with Crippen LogP contribution in [0.5, 0.6) is 0 Å². The Hall–Kier alpha value is -2.87. The molecule has 0 aliphatic carbocycles. The molecule has 1 atom stereocenters. The average Bonchev–Trinajstić information content (AvgIpc) is 3.07. The van der Waals surface area contributed by atoms with Crippen LogP contribution in [0, 0.1) is 0 Å². The molecular formula is C17H23N5O3. The first-order valence-electron chi connectivity index (χ1n) is 8.02. The second-order valence-corrected chi connectivity index (χ2v) is 5.53. The first-order valence-corrected chi connectivity index (χ1v) is 8.02. The van der Waals surface area contributed by atoms with Crippen molar-refractivity contribution in [2.45, 2.75) is 25.9 Å². The minimum atomic E-state index is -0.299. The van der Waals surface area contributed by atoms with Gasteiger partial charge in [-0.15, -0.1) is 0 Å². The quantitative estimate of drug-likeness (QED) is 0.682. The van der Waals surface area contributed by atoms with Gasteiger partial charge < -0.3 is 25.3 Å². The molecule has 0 fully saturated rings. The van der Waals surface area contributed by atoms with E-state index in [-0.39, 0.29) is 24.6 Å². The van der Waals surface area contributed by atoms with Crippen LogP contribution < -0.4 is 16.0 Å². The fourth-order valence-corrected chi connectivity index (χ4v) is 2.28. The molecule has 2 rings (SSSR count). The molecule has 1 aromatic carbocycles. The van der Waals surface area contributed by atoms with Crippen LogP contribution in [0.2, 0.25) is 0 Å². The zero-order valence-electron chi connectivity index (χ0n) is 14.4. The summed E-state index contributed by atoms with van der Waals surface area (Å²) in [5, 5.41) is 8.39. The molecule has 1 unspecified atom stereocenters. The summed E-state index contributed by atoms with van der Waals surface area (Å²) in [6.07, 6.45) is 6.07. The third kappa shape index (κ3) is 6.27. The van der Waals surface area contributed by atoms with E-state index in [1.165, 1.54) is 7.11 Å². The standard InChI is InChI=1S/C17H23N5O3/c1-3-13(10-22-8-7-18-12-22)20-17(24)21-15-6-4-5-14(9-15)19-16(23)11-25-2/h4-9,12-13H,3,10-11H2,1-2H3,(H,19,23)(H2,20,21,24). The highest BCUT2D eigenvalue weighted by atomic mass is 16.5. The van der Waals surface area contributed by atoms with Crippen molar-refractivity contribution in [3.8, 4) is 0 Å². The second-order valence-electron chi connectivity index (χ2n) is 5.53. The van der Waals surface area contributed by atoms with Crippen molar-refractivity contribution >= 4 is 23.3 Å². The topological polar surface area (TPSA) is 97.3 Å². The maximum Gasteiger partial charge on any atom is 0.319 e. The zero-order valence-corrected chi connectivity index (χ0v) is 14.4. The van der Waals surface area contributed by atoms with Crippen molar-refractivity contribution in [2.24, 2.45) is 0 Å². The maximum atomic E-state index is 12.2. The van der Waals surface area contributed by atoms with Crippen LogP contribution >= 0.6 is 0 Å². The van der Waals surface area contributed by atoms with E-state index in [0.29, 0.717) is 17.9 Å². The number of carbonyl (C=O) groups is 2.